The minimum atomic E-state index is -0.129. The van der Waals surface area contributed by atoms with Crippen molar-refractivity contribution in [3.63, 3.8) is 0 Å². The third-order valence-electron chi connectivity index (χ3n) is 2.00. The number of rotatable bonds is 4. The lowest BCUT2D eigenvalue weighted by molar-refractivity contribution is -0.140. The third-order valence-corrected chi connectivity index (χ3v) is 3.03. The van der Waals surface area contributed by atoms with Gasteiger partial charge >= 0.3 is 5.97 Å². The Labute approximate surface area is 82.5 Å². The quantitative estimate of drug-likeness (QED) is 0.694. The SMILES string of the molecule is CCc1ccsc1CCC(=O)OC. The Morgan fingerprint density at radius 2 is 2.38 bits per heavy atom. The van der Waals surface area contributed by atoms with Crippen molar-refractivity contribution < 1.29 is 9.53 Å². The van der Waals surface area contributed by atoms with E-state index in [4.69, 9.17) is 0 Å². The van der Waals surface area contributed by atoms with Gasteiger partial charge in [-0.1, -0.05) is 6.92 Å². The van der Waals surface area contributed by atoms with E-state index in [1.54, 1.807) is 11.3 Å². The first-order valence-corrected chi connectivity index (χ1v) is 5.28. The van der Waals surface area contributed by atoms with E-state index in [0.29, 0.717) is 6.42 Å². The third kappa shape index (κ3) is 2.84. The summed E-state index contributed by atoms with van der Waals surface area (Å²) in [4.78, 5) is 12.2. The normalized spacial score (nSPS) is 10.0. The number of ether oxygens (including phenoxy) is 1. The number of thiophene rings is 1. The first-order chi connectivity index (χ1) is 6.27. The Hall–Kier alpha value is -0.830. The van der Waals surface area contributed by atoms with E-state index in [1.807, 2.05) is 0 Å². The van der Waals surface area contributed by atoms with Gasteiger partial charge in [-0.15, -0.1) is 11.3 Å². The fraction of sp³-hybridized carbons (Fsp3) is 0.500. The monoisotopic (exact) mass is 198 g/mol. The summed E-state index contributed by atoms with van der Waals surface area (Å²) in [5.74, 6) is -0.129. The molecule has 0 atom stereocenters. The number of hydrogen-bond acceptors (Lipinski definition) is 3. The summed E-state index contributed by atoms with van der Waals surface area (Å²) in [5.41, 5.74) is 1.36. The van der Waals surface area contributed by atoms with Gasteiger partial charge in [-0.2, -0.15) is 0 Å². The van der Waals surface area contributed by atoms with Crippen LogP contribution in [0, 0.1) is 0 Å². The number of carbonyl (C=O) groups is 1. The smallest absolute Gasteiger partial charge is 0.305 e. The van der Waals surface area contributed by atoms with E-state index in [1.165, 1.54) is 17.6 Å². The highest BCUT2D eigenvalue weighted by atomic mass is 32.1. The van der Waals surface area contributed by atoms with Gasteiger partial charge in [0, 0.05) is 4.88 Å². The molecule has 0 N–H and O–H groups in total. The molecular weight excluding hydrogens is 184 g/mol. The van der Waals surface area contributed by atoms with Gasteiger partial charge in [-0.3, -0.25) is 4.79 Å². The molecule has 0 fully saturated rings. The lowest BCUT2D eigenvalue weighted by Crippen LogP contribution is -2.01. The molecule has 0 spiro atoms. The zero-order valence-corrected chi connectivity index (χ0v) is 8.82. The van der Waals surface area contributed by atoms with Crippen LogP contribution in [0.25, 0.3) is 0 Å². The maximum atomic E-state index is 10.9. The summed E-state index contributed by atoms with van der Waals surface area (Å²) >= 11 is 1.72. The Morgan fingerprint density at radius 1 is 1.62 bits per heavy atom. The van der Waals surface area contributed by atoms with Crippen LogP contribution in [0.2, 0.25) is 0 Å². The molecule has 0 aliphatic rings. The fourth-order valence-electron chi connectivity index (χ4n) is 1.22. The molecule has 1 aromatic rings. The van der Waals surface area contributed by atoms with Crippen LogP contribution < -0.4 is 0 Å². The molecule has 72 valence electrons. The molecule has 0 aliphatic carbocycles. The van der Waals surface area contributed by atoms with E-state index >= 15 is 0 Å². The van der Waals surface area contributed by atoms with E-state index in [2.05, 4.69) is 23.1 Å². The Kier molecular flexibility index (Phi) is 3.96. The van der Waals surface area contributed by atoms with Crippen LogP contribution >= 0.6 is 11.3 Å². The van der Waals surface area contributed by atoms with E-state index in [-0.39, 0.29) is 5.97 Å². The van der Waals surface area contributed by atoms with E-state index in [0.717, 1.165) is 12.8 Å². The molecule has 0 amide bonds. The second kappa shape index (κ2) is 5.02. The predicted molar refractivity (Wildman–Crippen MR) is 54.0 cm³/mol. The van der Waals surface area contributed by atoms with Crippen molar-refractivity contribution in [1.29, 1.82) is 0 Å². The summed E-state index contributed by atoms with van der Waals surface area (Å²) in [5, 5.41) is 2.07. The number of hydrogen-bond donors (Lipinski definition) is 0. The van der Waals surface area contributed by atoms with Crippen molar-refractivity contribution in [2.24, 2.45) is 0 Å². The predicted octanol–water partition coefficient (Wildman–Crippen LogP) is 2.42. The van der Waals surface area contributed by atoms with Gasteiger partial charge in [0.2, 0.25) is 0 Å². The second-order valence-electron chi connectivity index (χ2n) is 2.80. The molecule has 2 nitrogen and oxygen atoms in total. The van der Waals surface area contributed by atoms with Gasteiger partial charge in [-0.05, 0) is 29.9 Å². The lowest BCUT2D eigenvalue weighted by atomic mass is 10.1. The van der Waals surface area contributed by atoms with Crippen molar-refractivity contribution in [3.05, 3.63) is 21.9 Å². The summed E-state index contributed by atoms with van der Waals surface area (Å²) in [7, 11) is 1.43. The first kappa shape index (κ1) is 10.3. The van der Waals surface area contributed by atoms with E-state index < -0.39 is 0 Å². The number of methoxy groups -OCH3 is 1. The molecule has 13 heavy (non-hydrogen) atoms. The van der Waals surface area contributed by atoms with Crippen molar-refractivity contribution >= 4 is 17.3 Å². The molecule has 1 heterocycles. The van der Waals surface area contributed by atoms with Gasteiger partial charge in [0.05, 0.1) is 13.5 Å². The molecular formula is C10H14O2S. The number of esters is 1. The van der Waals surface area contributed by atoms with Crippen LogP contribution in [0.15, 0.2) is 11.4 Å². The van der Waals surface area contributed by atoms with E-state index in [9.17, 15) is 4.79 Å². The van der Waals surface area contributed by atoms with Crippen molar-refractivity contribution in [3.8, 4) is 0 Å². The molecule has 0 aliphatic heterocycles. The zero-order chi connectivity index (χ0) is 9.68. The molecule has 0 radical (unpaired) electrons. The van der Waals surface area contributed by atoms with Gasteiger partial charge in [0.15, 0.2) is 0 Å². The van der Waals surface area contributed by atoms with Gasteiger partial charge in [0.1, 0.15) is 0 Å². The molecule has 0 bridgehead atoms. The Balaban J connectivity index is 2.49. The molecule has 0 saturated carbocycles. The summed E-state index contributed by atoms with van der Waals surface area (Å²) < 4.78 is 4.59. The van der Waals surface area contributed by atoms with Crippen LogP contribution in [0.3, 0.4) is 0 Å². The number of carbonyl (C=O) groups excluding carboxylic acids is 1. The maximum Gasteiger partial charge on any atom is 0.305 e. The molecule has 0 aromatic carbocycles. The highest BCUT2D eigenvalue weighted by Crippen LogP contribution is 2.19. The fourth-order valence-corrected chi connectivity index (χ4v) is 2.20. The standard InChI is InChI=1S/C10H14O2S/c1-3-8-6-7-13-9(8)4-5-10(11)12-2/h6-7H,3-5H2,1-2H3. The minimum absolute atomic E-state index is 0.129. The first-order valence-electron chi connectivity index (χ1n) is 4.40. The molecule has 1 aromatic heterocycles. The van der Waals surface area contributed by atoms with Crippen molar-refractivity contribution in [1.82, 2.24) is 0 Å². The van der Waals surface area contributed by atoms with Crippen LogP contribution in [-0.2, 0) is 22.4 Å². The van der Waals surface area contributed by atoms with Gasteiger partial charge in [0.25, 0.3) is 0 Å². The van der Waals surface area contributed by atoms with Gasteiger partial charge in [-0.25, -0.2) is 0 Å². The van der Waals surface area contributed by atoms with Crippen molar-refractivity contribution in [2.45, 2.75) is 26.2 Å². The summed E-state index contributed by atoms with van der Waals surface area (Å²) in [6.45, 7) is 2.13. The Morgan fingerprint density at radius 3 is 3.00 bits per heavy atom. The molecule has 3 heteroatoms. The molecule has 1 rings (SSSR count). The maximum absolute atomic E-state index is 10.9. The molecule has 0 saturated heterocycles. The highest BCUT2D eigenvalue weighted by molar-refractivity contribution is 7.10. The minimum Gasteiger partial charge on any atom is -0.469 e. The van der Waals surface area contributed by atoms with Crippen LogP contribution in [0.5, 0.6) is 0 Å². The number of aryl methyl sites for hydroxylation is 2. The lowest BCUT2D eigenvalue weighted by Gasteiger charge is -2.00. The largest absolute Gasteiger partial charge is 0.469 e. The summed E-state index contributed by atoms with van der Waals surface area (Å²) in [6, 6.07) is 2.12. The van der Waals surface area contributed by atoms with Crippen LogP contribution in [0.1, 0.15) is 23.8 Å². The topological polar surface area (TPSA) is 26.3 Å². The van der Waals surface area contributed by atoms with Crippen LogP contribution in [-0.4, -0.2) is 13.1 Å². The second-order valence-corrected chi connectivity index (χ2v) is 3.80. The van der Waals surface area contributed by atoms with Crippen LogP contribution in [0.4, 0.5) is 0 Å². The highest BCUT2D eigenvalue weighted by Gasteiger charge is 2.05. The average molecular weight is 198 g/mol. The van der Waals surface area contributed by atoms with Gasteiger partial charge < -0.3 is 4.74 Å². The zero-order valence-electron chi connectivity index (χ0n) is 8.00. The Bertz CT molecular complexity index is 278. The summed E-state index contributed by atoms with van der Waals surface area (Å²) in [6.07, 6.45) is 2.34. The average Bonchev–Trinajstić information content (AvgIpc) is 2.61. The van der Waals surface area contributed by atoms with Crippen molar-refractivity contribution in [2.75, 3.05) is 7.11 Å². The molecule has 0 unspecified atom stereocenters.